The van der Waals surface area contributed by atoms with Gasteiger partial charge in [-0.1, -0.05) is 70.7 Å². The van der Waals surface area contributed by atoms with Crippen molar-refractivity contribution >= 4 is 56.3 Å². The van der Waals surface area contributed by atoms with Gasteiger partial charge < -0.3 is 39.9 Å². The summed E-state index contributed by atoms with van der Waals surface area (Å²) in [6.45, 7) is 14.4. The van der Waals surface area contributed by atoms with Crippen LogP contribution in [-0.2, 0) is 19.1 Å². The number of carbonyl (C=O) groups excluding carboxylic acids is 4. The number of methoxy groups -OCH3 is 1. The van der Waals surface area contributed by atoms with Crippen LogP contribution in [-0.4, -0.2) is 107 Å². The molecule has 13 nitrogen and oxygen atoms in total. The summed E-state index contributed by atoms with van der Waals surface area (Å²) in [5.41, 5.74) is 6.55. The Bertz CT molecular complexity index is 1930. The molecule has 1 aromatic carbocycles. The lowest BCUT2D eigenvalue weighted by atomic mass is 10.1. The summed E-state index contributed by atoms with van der Waals surface area (Å²) >= 11 is 3.49. The number of ether oxygens (including phenoxy) is 1. The maximum atomic E-state index is 11.3. The van der Waals surface area contributed by atoms with Crippen LogP contribution < -0.4 is 10.6 Å². The summed E-state index contributed by atoms with van der Waals surface area (Å²) in [5, 5.41) is 8.99. The van der Waals surface area contributed by atoms with E-state index in [1.165, 1.54) is 73.3 Å². The Kier molecular flexibility index (Phi) is 24.4. The lowest BCUT2D eigenvalue weighted by molar-refractivity contribution is -0.131. The molecule has 0 radical (unpaired) electrons. The summed E-state index contributed by atoms with van der Waals surface area (Å²) in [7, 11) is 3.41. The minimum atomic E-state index is -0.586. The highest BCUT2D eigenvalue weighted by Gasteiger charge is 2.17. The van der Waals surface area contributed by atoms with Crippen LogP contribution in [0.5, 0.6) is 0 Å². The molecule has 5 aromatic rings. The van der Waals surface area contributed by atoms with E-state index < -0.39 is 6.09 Å². The summed E-state index contributed by atoms with van der Waals surface area (Å²) in [6.07, 6.45) is 14.4. The molecule has 4 aromatic heterocycles. The fraction of sp³-hybridized carbons (Fsp3) is 0.442. The number of amides is 3. The number of nitrogens with one attached hydrogen (secondary N) is 4. The molecule has 3 amide bonds. The van der Waals surface area contributed by atoms with E-state index in [4.69, 9.17) is 0 Å². The molecule has 0 saturated carbocycles. The molecule has 2 saturated heterocycles. The number of fused-ring (bicyclic) bond motifs is 1. The third kappa shape index (κ3) is 18.3. The smallest absolute Gasteiger partial charge is 0.407 e. The first-order chi connectivity index (χ1) is 28.1. The van der Waals surface area contributed by atoms with Crippen molar-refractivity contribution in [2.75, 3.05) is 53.4 Å². The minimum absolute atomic E-state index is 0.00662. The fourth-order valence-corrected chi connectivity index (χ4v) is 7.47. The number of hydrogen-bond donors (Lipinski definition) is 4. The van der Waals surface area contributed by atoms with E-state index in [9.17, 15) is 19.2 Å². The highest BCUT2D eigenvalue weighted by molar-refractivity contribution is 7.27. The molecule has 6 heterocycles. The molecule has 0 aliphatic carbocycles. The van der Waals surface area contributed by atoms with Gasteiger partial charge in [0.05, 0.1) is 65.9 Å². The van der Waals surface area contributed by atoms with Crippen LogP contribution >= 0.6 is 22.7 Å². The lowest BCUT2D eigenvalue weighted by Crippen LogP contribution is -2.37. The topological polar surface area (TPSA) is 165 Å². The minimum Gasteiger partial charge on any atom is -0.453 e. The number of H-pyrrole nitrogens is 2. The third-order valence-corrected chi connectivity index (χ3v) is 10.1. The van der Waals surface area contributed by atoms with Gasteiger partial charge in [0.25, 0.3) is 0 Å². The van der Waals surface area contributed by atoms with Gasteiger partial charge in [0.2, 0.25) is 11.8 Å². The summed E-state index contributed by atoms with van der Waals surface area (Å²) < 4.78 is 6.68. The number of alkyl carbamates (subject to hydrolysis) is 1. The van der Waals surface area contributed by atoms with Gasteiger partial charge in [0.15, 0.2) is 0 Å². The SMILES string of the molecule is C(#Cc1csc2c(-c3ccc(-c4cnc[nH]4)cc3)csc12)c1cnc[nH]1.CC(=O)NCC(=O)N1CCCC1.CCC.CCC.CN1CCCC1.COC(=O)NCC=O. The third-order valence-electron chi connectivity index (χ3n) is 7.91. The Hall–Kier alpha value is -5.30. The van der Waals surface area contributed by atoms with E-state index in [2.05, 4.69) is 122 Å². The standard InChI is InChI=1S/C20H12N4S2.C8H14N2O2.C5H11N.C4H7NO3.2C3H8/c1-3-14(18-8-22-12-24-18)4-2-13(1)17-10-26-19-15(9-25-20(17)19)5-6-16-7-21-11-23-16;1-7(11)9-6-8(12)10-4-2-3-5-10;1-6-4-2-3-5-6;1-8-4(7)5-2-3-6;2*1-3-2/h1-4,7-12H,(H,21,23)(H,22,24);2-6H2,1H3,(H,9,11);2-5H2,1H3;3H,2H2,1H3,(H,5,7);2*3H2,1-2H3. The maximum Gasteiger partial charge on any atom is 0.407 e. The number of rotatable bonds is 6. The van der Waals surface area contributed by atoms with Gasteiger partial charge in [0.1, 0.15) is 12.0 Å². The highest BCUT2D eigenvalue weighted by Crippen LogP contribution is 2.40. The van der Waals surface area contributed by atoms with Crippen molar-refractivity contribution in [3.05, 3.63) is 71.3 Å². The molecule has 314 valence electrons. The first-order valence-electron chi connectivity index (χ1n) is 19.7. The van der Waals surface area contributed by atoms with Crippen LogP contribution in [0.15, 0.2) is 60.1 Å². The average Bonchev–Trinajstić information content (AvgIpc) is 4.08. The molecule has 58 heavy (non-hydrogen) atoms. The zero-order valence-electron chi connectivity index (χ0n) is 35.0. The molecule has 0 spiro atoms. The quantitative estimate of drug-likeness (QED) is 0.0988. The van der Waals surface area contributed by atoms with Crippen LogP contribution in [0.2, 0.25) is 0 Å². The Morgan fingerprint density at radius 3 is 1.93 bits per heavy atom. The molecule has 4 N–H and O–H groups in total. The molecule has 7 rings (SSSR count). The highest BCUT2D eigenvalue weighted by atomic mass is 32.1. The number of aromatic amines is 2. The van der Waals surface area contributed by atoms with Crippen LogP contribution in [0.3, 0.4) is 0 Å². The number of hydrogen-bond acceptors (Lipinski definition) is 10. The maximum absolute atomic E-state index is 11.3. The predicted molar refractivity (Wildman–Crippen MR) is 237 cm³/mol. The average molecular weight is 833 g/mol. The second-order valence-corrected chi connectivity index (χ2v) is 14.9. The zero-order chi connectivity index (χ0) is 42.5. The van der Waals surface area contributed by atoms with Gasteiger partial charge in [0, 0.05) is 36.3 Å². The van der Waals surface area contributed by atoms with Gasteiger partial charge >= 0.3 is 6.09 Å². The van der Waals surface area contributed by atoms with E-state index in [-0.39, 0.29) is 24.9 Å². The zero-order valence-corrected chi connectivity index (χ0v) is 36.6. The number of imidazole rings is 2. The Morgan fingerprint density at radius 1 is 0.828 bits per heavy atom. The van der Waals surface area contributed by atoms with Gasteiger partial charge in [-0.3, -0.25) is 9.59 Å². The van der Waals surface area contributed by atoms with Crippen LogP contribution in [0.1, 0.15) is 84.4 Å². The number of carbonyl (C=O) groups is 4. The Balaban J connectivity index is 0.000000300. The van der Waals surface area contributed by atoms with Crippen LogP contribution in [0.25, 0.3) is 31.8 Å². The van der Waals surface area contributed by atoms with Crippen molar-refractivity contribution in [3.63, 3.8) is 0 Å². The Labute approximate surface area is 351 Å². The number of likely N-dealkylation sites (tertiary alicyclic amines) is 2. The van der Waals surface area contributed by atoms with E-state index in [1.807, 2.05) is 6.20 Å². The number of aromatic nitrogens is 4. The van der Waals surface area contributed by atoms with Crippen molar-refractivity contribution in [1.29, 1.82) is 0 Å². The molecule has 0 unspecified atom stereocenters. The second-order valence-electron chi connectivity index (χ2n) is 13.2. The van der Waals surface area contributed by atoms with Crippen molar-refractivity contribution in [1.82, 2.24) is 40.4 Å². The lowest BCUT2D eigenvalue weighted by Gasteiger charge is -2.14. The number of benzene rings is 1. The van der Waals surface area contributed by atoms with Gasteiger partial charge in [-0.05, 0) is 62.9 Å². The number of aldehydes is 1. The molecule has 0 bridgehead atoms. The first kappa shape index (κ1) is 48.8. The first-order valence-corrected chi connectivity index (χ1v) is 21.4. The van der Waals surface area contributed by atoms with Crippen LogP contribution in [0, 0.1) is 11.8 Å². The molecule has 2 fully saturated rings. The molecule has 15 heteroatoms. The van der Waals surface area contributed by atoms with E-state index in [0.717, 1.165) is 48.4 Å². The van der Waals surface area contributed by atoms with E-state index in [1.54, 1.807) is 46.4 Å². The molecule has 0 atom stereocenters. The molecular weight excluding hydrogens is 773 g/mol. The van der Waals surface area contributed by atoms with E-state index >= 15 is 0 Å². The molecule has 2 aliphatic heterocycles. The Morgan fingerprint density at radius 2 is 1.41 bits per heavy atom. The van der Waals surface area contributed by atoms with Crippen molar-refractivity contribution < 1.29 is 23.9 Å². The predicted octanol–water partition coefficient (Wildman–Crippen LogP) is 7.97. The van der Waals surface area contributed by atoms with Crippen molar-refractivity contribution in [2.24, 2.45) is 0 Å². The van der Waals surface area contributed by atoms with Gasteiger partial charge in [-0.2, -0.15) is 0 Å². The fourth-order valence-electron chi connectivity index (χ4n) is 5.16. The molecule has 2 aliphatic rings. The van der Waals surface area contributed by atoms with Crippen molar-refractivity contribution in [2.45, 2.75) is 73.1 Å². The monoisotopic (exact) mass is 832 g/mol. The van der Waals surface area contributed by atoms with Crippen LogP contribution in [0.4, 0.5) is 4.79 Å². The van der Waals surface area contributed by atoms with Crippen molar-refractivity contribution in [3.8, 4) is 34.2 Å². The van der Waals surface area contributed by atoms with Gasteiger partial charge in [-0.25, -0.2) is 14.8 Å². The number of thiophene rings is 2. The molecular formula is C43H60N8O5S2. The summed E-state index contributed by atoms with van der Waals surface area (Å²) in [4.78, 5) is 59.7. The summed E-state index contributed by atoms with van der Waals surface area (Å²) in [5.74, 6) is 6.26. The normalized spacial score (nSPS) is 12.5. The number of nitrogens with zero attached hydrogens (tertiary/aromatic N) is 4. The van der Waals surface area contributed by atoms with Gasteiger partial charge in [-0.15, -0.1) is 22.7 Å². The van der Waals surface area contributed by atoms with E-state index in [0.29, 0.717) is 6.29 Å². The largest absolute Gasteiger partial charge is 0.453 e. The summed E-state index contributed by atoms with van der Waals surface area (Å²) in [6, 6.07) is 8.57. The second kappa shape index (κ2) is 29.0.